The van der Waals surface area contributed by atoms with Gasteiger partial charge in [-0.05, 0) is 61.7 Å². The van der Waals surface area contributed by atoms with E-state index in [1.165, 1.54) is 25.3 Å². The van der Waals surface area contributed by atoms with Gasteiger partial charge in [0.25, 0.3) is 0 Å². The summed E-state index contributed by atoms with van der Waals surface area (Å²) in [4.78, 5) is 20.3. The fourth-order valence-electron chi connectivity index (χ4n) is 2.80. The maximum Gasteiger partial charge on any atom is 0.416 e. The average Bonchev–Trinajstić information content (AvgIpc) is 2.66. The number of alkyl halides is 3. The molecule has 0 fully saturated rings. The number of ether oxygens (including phenoxy) is 1. The van der Waals surface area contributed by atoms with Gasteiger partial charge in [-0.15, -0.1) is 0 Å². The number of aliphatic hydroxyl groups is 1. The zero-order valence-corrected chi connectivity index (χ0v) is 16.8. The SMILES string of the molecule is CCOC(=O)C(C(CO)=Nc1cc(Cc2cc(F)cc(C(F)(F)F)c2)ccn1)=C(C)N. The molecule has 2 rings (SSSR count). The third-order valence-corrected chi connectivity index (χ3v) is 4.06. The van der Waals surface area contributed by atoms with E-state index in [1.807, 2.05) is 0 Å². The number of hydrogen-bond donors (Lipinski definition) is 2. The molecular weight excluding hydrogens is 418 g/mol. The number of carbonyl (C=O) groups excluding carboxylic acids is 1. The van der Waals surface area contributed by atoms with Crippen molar-refractivity contribution in [2.75, 3.05) is 13.2 Å². The lowest BCUT2D eigenvalue weighted by Crippen LogP contribution is -2.22. The second kappa shape index (κ2) is 10.2. The minimum Gasteiger partial charge on any atom is -0.462 e. The summed E-state index contributed by atoms with van der Waals surface area (Å²) < 4.78 is 57.3. The van der Waals surface area contributed by atoms with E-state index >= 15 is 0 Å². The normalized spacial score (nSPS) is 13.1. The predicted octanol–water partition coefficient (Wildman–Crippen LogP) is 3.69. The first-order chi connectivity index (χ1) is 14.5. The van der Waals surface area contributed by atoms with E-state index < -0.39 is 30.1 Å². The first kappa shape index (κ1) is 24.0. The molecule has 0 saturated carbocycles. The lowest BCUT2D eigenvalue weighted by molar-refractivity contribution is -0.138. The summed E-state index contributed by atoms with van der Waals surface area (Å²) in [5.41, 5.74) is 5.17. The minimum absolute atomic E-state index is 0.0170. The van der Waals surface area contributed by atoms with Gasteiger partial charge >= 0.3 is 12.1 Å². The molecule has 6 nitrogen and oxygen atoms in total. The average molecular weight is 439 g/mol. The Labute approximate surface area is 176 Å². The Balaban J connectivity index is 2.38. The molecule has 0 radical (unpaired) electrons. The summed E-state index contributed by atoms with van der Waals surface area (Å²) in [7, 11) is 0. The van der Waals surface area contributed by atoms with Crippen molar-refractivity contribution in [2.45, 2.75) is 26.4 Å². The van der Waals surface area contributed by atoms with E-state index in [0.29, 0.717) is 11.6 Å². The van der Waals surface area contributed by atoms with Gasteiger partial charge in [0.05, 0.1) is 24.5 Å². The molecule has 0 atom stereocenters. The molecule has 0 aliphatic heterocycles. The van der Waals surface area contributed by atoms with Crippen LogP contribution < -0.4 is 5.73 Å². The number of halogens is 4. The first-order valence-corrected chi connectivity index (χ1v) is 9.19. The molecule has 0 amide bonds. The molecule has 1 aromatic heterocycles. The van der Waals surface area contributed by atoms with Gasteiger partial charge in [0.2, 0.25) is 0 Å². The molecule has 0 spiro atoms. The maximum atomic E-state index is 13.6. The van der Waals surface area contributed by atoms with Crippen LogP contribution in [-0.4, -0.2) is 35.0 Å². The van der Waals surface area contributed by atoms with E-state index in [1.54, 1.807) is 6.92 Å². The summed E-state index contributed by atoms with van der Waals surface area (Å²) in [5.74, 6) is -1.68. The molecule has 0 saturated heterocycles. The molecule has 0 aliphatic rings. The second-order valence-electron chi connectivity index (χ2n) is 6.54. The zero-order valence-electron chi connectivity index (χ0n) is 16.8. The van der Waals surface area contributed by atoms with Gasteiger partial charge in [0.1, 0.15) is 11.4 Å². The Morgan fingerprint density at radius 2 is 1.94 bits per heavy atom. The van der Waals surface area contributed by atoms with Gasteiger partial charge in [-0.2, -0.15) is 13.2 Å². The van der Waals surface area contributed by atoms with Crippen molar-refractivity contribution in [3.8, 4) is 0 Å². The number of rotatable bonds is 7. The van der Waals surface area contributed by atoms with E-state index in [9.17, 15) is 27.5 Å². The Hall–Kier alpha value is -3.27. The highest BCUT2D eigenvalue weighted by atomic mass is 19.4. The highest BCUT2D eigenvalue weighted by Crippen LogP contribution is 2.31. The Morgan fingerprint density at radius 1 is 1.23 bits per heavy atom. The standard InChI is InChI=1S/C21H21F4N3O3/c1-3-31-20(30)19(12(2)26)17(11-29)28-18-9-13(4-5-27-18)6-14-7-15(21(23,24)25)10-16(22)8-14/h4-5,7-10,29H,3,6,11,26H2,1-2H3. The number of aliphatic imine (C=N–C) groups is 1. The van der Waals surface area contributed by atoms with Crippen LogP contribution in [0, 0.1) is 5.82 Å². The first-order valence-electron chi connectivity index (χ1n) is 9.19. The lowest BCUT2D eigenvalue weighted by atomic mass is 10.0. The van der Waals surface area contributed by atoms with Crippen LogP contribution in [0.25, 0.3) is 0 Å². The van der Waals surface area contributed by atoms with Crippen LogP contribution in [0.1, 0.15) is 30.5 Å². The summed E-state index contributed by atoms with van der Waals surface area (Å²) in [5, 5.41) is 9.66. The fourth-order valence-corrected chi connectivity index (χ4v) is 2.80. The second-order valence-corrected chi connectivity index (χ2v) is 6.54. The van der Waals surface area contributed by atoms with E-state index in [-0.39, 0.29) is 41.4 Å². The molecule has 166 valence electrons. The molecule has 0 bridgehead atoms. The van der Waals surface area contributed by atoms with Crippen LogP contribution in [0.15, 0.2) is 52.8 Å². The van der Waals surface area contributed by atoms with Crippen LogP contribution in [0.4, 0.5) is 23.4 Å². The topological polar surface area (TPSA) is 97.8 Å². The van der Waals surface area contributed by atoms with Gasteiger partial charge in [-0.3, -0.25) is 0 Å². The number of nitrogens with zero attached hydrogens (tertiary/aromatic N) is 2. The number of aromatic nitrogens is 1. The summed E-state index contributed by atoms with van der Waals surface area (Å²) in [6.45, 7) is 2.52. The minimum atomic E-state index is -4.67. The van der Waals surface area contributed by atoms with Gasteiger partial charge in [0.15, 0.2) is 5.82 Å². The van der Waals surface area contributed by atoms with Crippen molar-refractivity contribution in [1.29, 1.82) is 0 Å². The molecule has 1 heterocycles. The number of benzene rings is 1. The van der Waals surface area contributed by atoms with Crippen LogP contribution in [0.2, 0.25) is 0 Å². The molecule has 0 unspecified atom stereocenters. The summed E-state index contributed by atoms with van der Waals surface area (Å²) in [6.07, 6.45) is -3.33. The number of nitrogens with two attached hydrogens (primary N) is 1. The van der Waals surface area contributed by atoms with Gasteiger partial charge in [0, 0.05) is 11.9 Å². The number of pyridine rings is 1. The van der Waals surface area contributed by atoms with Crippen molar-refractivity contribution in [2.24, 2.45) is 10.7 Å². The van der Waals surface area contributed by atoms with E-state index in [0.717, 1.165) is 12.1 Å². The van der Waals surface area contributed by atoms with E-state index in [4.69, 9.17) is 10.5 Å². The van der Waals surface area contributed by atoms with Gasteiger partial charge in [-0.25, -0.2) is 19.2 Å². The van der Waals surface area contributed by atoms with Crippen LogP contribution >= 0.6 is 0 Å². The third-order valence-electron chi connectivity index (χ3n) is 4.06. The zero-order chi connectivity index (χ0) is 23.2. The predicted molar refractivity (Wildman–Crippen MR) is 106 cm³/mol. The van der Waals surface area contributed by atoms with Crippen LogP contribution in [0.5, 0.6) is 0 Å². The maximum absolute atomic E-state index is 13.6. The van der Waals surface area contributed by atoms with Gasteiger partial charge in [-0.1, -0.05) is 0 Å². The van der Waals surface area contributed by atoms with Crippen molar-refractivity contribution < 1.29 is 32.2 Å². The monoisotopic (exact) mass is 439 g/mol. The fraction of sp³-hybridized carbons (Fsp3) is 0.286. The lowest BCUT2D eigenvalue weighted by Gasteiger charge is -2.11. The summed E-state index contributed by atoms with van der Waals surface area (Å²) >= 11 is 0. The van der Waals surface area contributed by atoms with Crippen molar-refractivity contribution >= 4 is 17.5 Å². The molecule has 3 N–H and O–H groups in total. The van der Waals surface area contributed by atoms with E-state index in [2.05, 4.69) is 9.98 Å². The molecule has 1 aromatic carbocycles. The number of carbonyl (C=O) groups is 1. The van der Waals surface area contributed by atoms with Gasteiger partial charge < -0.3 is 15.6 Å². The Kier molecular flexibility index (Phi) is 7.87. The smallest absolute Gasteiger partial charge is 0.416 e. The highest BCUT2D eigenvalue weighted by molar-refractivity contribution is 6.21. The third kappa shape index (κ3) is 6.61. The highest BCUT2D eigenvalue weighted by Gasteiger charge is 2.31. The number of aliphatic hydroxyl groups excluding tert-OH is 1. The number of hydrogen-bond acceptors (Lipinski definition) is 6. The molecule has 31 heavy (non-hydrogen) atoms. The quantitative estimate of drug-likeness (QED) is 0.297. The van der Waals surface area contributed by atoms with Crippen LogP contribution in [-0.2, 0) is 22.1 Å². The molecule has 10 heteroatoms. The van der Waals surface area contributed by atoms with Crippen LogP contribution in [0.3, 0.4) is 0 Å². The Bertz CT molecular complexity index is 1010. The molecule has 2 aromatic rings. The number of allylic oxidation sites excluding steroid dienone is 1. The Morgan fingerprint density at radius 3 is 2.52 bits per heavy atom. The van der Waals surface area contributed by atoms with Crippen molar-refractivity contribution in [1.82, 2.24) is 4.98 Å². The largest absolute Gasteiger partial charge is 0.462 e. The molecule has 0 aliphatic carbocycles. The summed E-state index contributed by atoms with van der Waals surface area (Å²) in [6, 6.07) is 5.29. The van der Waals surface area contributed by atoms with Crippen molar-refractivity contribution in [3.63, 3.8) is 0 Å². The van der Waals surface area contributed by atoms with Crippen molar-refractivity contribution in [3.05, 3.63) is 70.3 Å². The number of esters is 1. The molecular formula is C21H21F4N3O3.